The molecule has 5 nitrogen and oxygen atoms in total. The van der Waals surface area contributed by atoms with Crippen molar-refractivity contribution in [3.05, 3.63) is 47.5 Å². The molecule has 130 valence electrons. The number of benzene rings is 2. The summed E-state index contributed by atoms with van der Waals surface area (Å²) in [6.07, 6.45) is 0.729. The summed E-state index contributed by atoms with van der Waals surface area (Å²) < 4.78 is 21.6. The van der Waals surface area contributed by atoms with Gasteiger partial charge in [-0.15, -0.1) is 0 Å². The average molecular weight is 331 g/mol. The summed E-state index contributed by atoms with van der Waals surface area (Å²) in [5, 5.41) is 0. The Morgan fingerprint density at radius 3 is 2.08 bits per heavy atom. The van der Waals surface area contributed by atoms with Crippen molar-refractivity contribution in [2.24, 2.45) is 5.73 Å². The van der Waals surface area contributed by atoms with E-state index in [1.165, 1.54) is 0 Å². The van der Waals surface area contributed by atoms with Gasteiger partial charge in [-0.3, -0.25) is 0 Å². The maximum atomic E-state index is 6.02. The highest BCUT2D eigenvalue weighted by molar-refractivity contribution is 5.51. The third-order valence-corrected chi connectivity index (χ3v) is 4.10. The summed E-state index contributed by atoms with van der Waals surface area (Å²) in [5.41, 5.74) is 8.18. The number of hydrogen-bond acceptors (Lipinski definition) is 5. The molecule has 0 saturated heterocycles. The Balaban J connectivity index is 2.36. The number of rotatable bonds is 8. The fourth-order valence-electron chi connectivity index (χ4n) is 2.75. The topological polar surface area (TPSA) is 62.9 Å². The van der Waals surface area contributed by atoms with E-state index in [2.05, 4.69) is 6.07 Å². The second kappa shape index (κ2) is 8.45. The van der Waals surface area contributed by atoms with Gasteiger partial charge in [0, 0.05) is 12.0 Å². The summed E-state index contributed by atoms with van der Waals surface area (Å²) in [5.74, 6) is 3.05. The first-order valence-electron chi connectivity index (χ1n) is 7.79. The van der Waals surface area contributed by atoms with E-state index in [-0.39, 0.29) is 5.92 Å². The fourth-order valence-corrected chi connectivity index (χ4v) is 2.75. The van der Waals surface area contributed by atoms with Crippen LogP contribution in [0.3, 0.4) is 0 Å². The minimum absolute atomic E-state index is 0.145. The van der Waals surface area contributed by atoms with Crippen LogP contribution in [0, 0.1) is 0 Å². The molecule has 0 aliphatic heterocycles. The number of methoxy groups -OCH3 is 4. The van der Waals surface area contributed by atoms with Crippen LogP contribution in [-0.2, 0) is 6.42 Å². The van der Waals surface area contributed by atoms with Gasteiger partial charge in [-0.2, -0.15) is 0 Å². The van der Waals surface area contributed by atoms with Gasteiger partial charge in [0.2, 0.25) is 0 Å². The van der Waals surface area contributed by atoms with Crippen molar-refractivity contribution in [3.8, 4) is 23.0 Å². The van der Waals surface area contributed by atoms with E-state index in [1.807, 2.05) is 30.3 Å². The molecule has 24 heavy (non-hydrogen) atoms. The summed E-state index contributed by atoms with van der Waals surface area (Å²) in [6.45, 7) is 0.519. The lowest BCUT2D eigenvalue weighted by molar-refractivity contribution is 0.347. The van der Waals surface area contributed by atoms with Crippen LogP contribution in [0.15, 0.2) is 36.4 Å². The Morgan fingerprint density at radius 2 is 1.50 bits per heavy atom. The minimum Gasteiger partial charge on any atom is -0.497 e. The Morgan fingerprint density at radius 1 is 0.833 bits per heavy atom. The molecule has 0 radical (unpaired) electrons. The number of ether oxygens (including phenoxy) is 4. The van der Waals surface area contributed by atoms with Crippen molar-refractivity contribution < 1.29 is 18.9 Å². The molecule has 2 N–H and O–H groups in total. The second-order valence-corrected chi connectivity index (χ2v) is 5.43. The molecule has 0 aromatic heterocycles. The number of hydrogen-bond donors (Lipinski definition) is 1. The maximum Gasteiger partial charge on any atom is 0.164 e. The predicted octanol–water partition coefficient (Wildman–Crippen LogP) is 3.01. The van der Waals surface area contributed by atoms with Crippen molar-refractivity contribution in [1.82, 2.24) is 0 Å². The van der Waals surface area contributed by atoms with Gasteiger partial charge in [0.05, 0.1) is 28.4 Å². The smallest absolute Gasteiger partial charge is 0.164 e. The van der Waals surface area contributed by atoms with Crippen LogP contribution in [0.1, 0.15) is 17.0 Å². The zero-order chi connectivity index (χ0) is 17.5. The molecule has 1 atom stereocenters. The molecule has 0 bridgehead atoms. The lowest BCUT2D eigenvalue weighted by Gasteiger charge is -2.19. The maximum absolute atomic E-state index is 6.02. The Labute approximate surface area is 143 Å². The normalized spacial score (nSPS) is 11.7. The lowest BCUT2D eigenvalue weighted by Crippen LogP contribution is -2.15. The van der Waals surface area contributed by atoms with Gasteiger partial charge in [-0.05, 0) is 42.3 Å². The molecule has 5 heteroatoms. The third-order valence-electron chi connectivity index (χ3n) is 4.10. The Kier molecular flexibility index (Phi) is 6.32. The monoisotopic (exact) mass is 331 g/mol. The molecular formula is C19H25NO4. The Bertz CT molecular complexity index is 672. The SMILES string of the molecule is COc1cccc(C(CN)Cc2cc(OC)c(OC)cc2OC)c1. The van der Waals surface area contributed by atoms with E-state index >= 15 is 0 Å². The van der Waals surface area contributed by atoms with Crippen LogP contribution in [0.5, 0.6) is 23.0 Å². The molecule has 0 fully saturated rings. The van der Waals surface area contributed by atoms with Crippen molar-refractivity contribution in [1.29, 1.82) is 0 Å². The van der Waals surface area contributed by atoms with E-state index in [4.69, 9.17) is 24.7 Å². The number of nitrogens with two attached hydrogens (primary N) is 1. The van der Waals surface area contributed by atoms with Gasteiger partial charge < -0.3 is 24.7 Å². The van der Waals surface area contributed by atoms with Crippen LogP contribution in [-0.4, -0.2) is 35.0 Å². The third kappa shape index (κ3) is 3.92. The first-order valence-corrected chi connectivity index (χ1v) is 7.79. The van der Waals surface area contributed by atoms with Crippen molar-refractivity contribution >= 4 is 0 Å². The van der Waals surface area contributed by atoms with Gasteiger partial charge in [-0.25, -0.2) is 0 Å². The van der Waals surface area contributed by atoms with Crippen molar-refractivity contribution in [3.63, 3.8) is 0 Å². The van der Waals surface area contributed by atoms with E-state index in [1.54, 1.807) is 28.4 Å². The van der Waals surface area contributed by atoms with Gasteiger partial charge in [-0.1, -0.05) is 12.1 Å². The summed E-state index contributed by atoms with van der Waals surface area (Å²) in [7, 11) is 6.54. The van der Waals surface area contributed by atoms with Crippen molar-refractivity contribution in [2.45, 2.75) is 12.3 Å². The summed E-state index contributed by atoms with van der Waals surface area (Å²) in [6, 6.07) is 11.8. The highest BCUT2D eigenvalue weighted by atomic mass is 16.5. The molecule has 2 aromatic carbocycles. The zero-order valence-corrected chi connectivity index (χ0v) is 14.7. The fraction of sp³-hybridized carbons (Fsp3) is 0.368. The quantitative estimate of drug-likeness (QED) is 0.805. The molecule has 0 amide bonds. The average Bonchev–Trinajstić information content (AvgIpc) is 2.65. The molecule has 0 aliphatic rings. The van der Waals surface area contributed by atoms with Crippen LogP contribution in [0.4, 0.5) is 0 Å². The highest BCUT2D eigenvalue weighted by Gasteiger charge is 2.17. The molecule has 1 unspecified atom stereocenters. The molecule has 0 heterocycles. The highest BCUT2D eigenvalue weighted by Crippen LogP contribution is 2.37. The van der Waals surface area contributed by atoms with E-state index in [9.17, 15) is 0 Å². The zero-order valence-electron chi connectivity index (χ0n) is 14.7. The Hall–Kier alpha value is -2.40. The van der Waals surface area contributed by atoms with Gasteiger partial charge in [0.15, 0.2) is 11.5 Å². The minimum atomic E-state index is 0.145. The molecule has 0 spiro atoms. The first-order chi connectivity index (χ1) is 11.7. The van der Waals surface area contributed by atoms with Gasteiger partial charge in [0.25, 0.3) is 0 Å². The lowest BCUT2D eigenvalue weighted by atomic mass is 9.91. The van der Waals surface area contributed by atoms with Gasteiger partial charge >= 0.3 is 0 Å². The van der Waals surface area contributed by atoms with E-state index in [0.717, 1.165) is 29.0 Å². The molecule has 0 aliphatic carbocycles. The van der Waals surface area contributed by atoms with Crippen molar-refractivity contribution in [2.75, 3.05) is 35.0 Å². The van der Waals surface area contributed by atoms with E-state index < -0.39 is 0 Å². The summed E-state index contributed by atoms with van der Waals surface area (Å²) in [4.78, 5) is 0. The van der Waals surface area contributed by atoms with Crippen LogP contribution >= 0.6 is 0 Å². The van der Waals surface area contributed by atoms with Crippen LogP contribution in [0.2, 0.25) is 0 Å². The van der Waals surface area contributed by atoms with Crippen LogP contribution in [0.25, 0.3) is 0 Å². The molecular weight excluding hydrogens is 306 g/mol. The molecule has 2 rings (SSSR count). The predicted molar refractivity (Wildman–Crippen MR) is 94.6 cm³/mol. The van der Waals surface area contributed by atoms with E-state index in [0.29, 0.717) is 18.0 Å². The molecule has 2 aromatic rings. The second-order valence-electron chi connectivity index (χ2n) is 5.43. The standard InChI is InChI=1S/C19H25NO4/c1-21-16-7-5-6-13(9-16)15(12-20)8-14-10-18(23-3)19(24-4)11-17(14)22-2/h5-7,9-11,15H,8,12,20H2,1-4H3. The van der Waals surface area contributed by atoms with Gasteiger partial charge in [0.1, 0.15) is 11.5 Å². The largest absolute Gasteiger partial charge is 0.497 e. The first kappa shape index (κ1) is 17.9. The molecule has 0 saturated carbocycles. The summed E-state index contributed by atoms with van der Waals surface area (Å²) >= 11 is 0. The van der Waals surface area contributed by atoms with Crippen LogP contribution < -0.4 is 24.7 Å².